The zero-order valence-electron chi connectivity index (χ0n) is 21.6. The van der Waals surface area contributed by atoms with Gasteiger partial charge in [-0.3, -0.25) is 14.9 Å². The van der Waals surface area contributed by atoms with Gasteiger partial charge in [0, 0.05) is 27.1 Å². The average Bonchev–Trinajstić information content (AvgIpc) is 3.44. The third-order valence-electron chi connectivity index (χ3n) is 6.48. The molecule has 2 aromatic heterocycles. The van der Waals surface area contributed by atoms with E-state index in [4.69, 9.17) is 9.15 Å². The molecule has 42 heavy (non-hydrogen) atoms. The van der Waals surface area contributed by atoms with Crippen molar-refractivity contribution in [3.63, 3.8) is 0 Å². The van der Waals surface area contributed by atoms with Gasteiger partial charge in [0.1, 0.15) is 12.2 Å². The summed E-state index contributed by atoms with van der Waals surface area (Å²) in [4.78, 5) is 29.7. The molecule has 204 valence electrons. The molecule has 2 heterocycles. The molecule has 0 aliphatic rings. The molecule has 6 aromatic rings. The number of fused-ring (bicyclic) bond motifs is 2. The number of aromatic nitrogens is 2. The number of nitriles is 1. The predicted octanol–water partition coefficient (Wildman–Crippen LogP) is 6.81. The third-order valence-corrected chi connectivity index (χ3v) is 6.94. The maximum Gasteiger partial charge on any atom is 0.312 e. The van der Waals surface area contributed by atoms with Crippen LogP contribution in [0.3, 0.4) is 0 Å². The summed E-state index contributed by atoms with van der Waals surface area (Å²) in [5.41, 5.74) is 1.47. The fourth-order valence-electron chi connectivity index (χ4n) is 4.50. The molecule has 0 radical (unpaired) electrons. The van der Waals surface area contributed by atoms with Gasteiger partial charge in [0.2, 0.25) is 11.6 Å². The van der Waals surface area contributed by atoms with Crippen LogP contribution < -0.4 is 10.3 Å². The van der Waals surface area contributed by atoms with E-state index in [1.54, 1.807) is 66.7 Å². The first kappa shape index (κ1) is 26.6. The van der Waals surface area contributed by atoms with Crippen molar-refractivity contribution in [1.29, 1.82) is 5.26 Å². The fourth-order valence-corrected chi connectivity index (χ4v) is 4.96. The van der Waals surface area contributed by atoms with Crippen molar-refractivity contribution >= 4 is 49.7 Å². The van der Waals surface area contributed by atoms with Crippen LogP contribution in [-0.4, -0.2) is 20.8 Å². The van der Waals surface area contributed by atoms with Crippen molar-refractivity contribution in [2.24, 2.45) is 5.10 Å². The summed E-state index contributed by atoms with van der Waals surface area (Å²) in [5, 5.41) is 27.0. The lowest BCUT2D eigenvalue weighted by atomic mass is 10.1. The summed E-state index contributed by atoms with van der Waals surface area (Å²) in [6, 6.07) is 27.8. The summed E-state index contributed by atoms with van der Waals surface area (Å²) in [5.74, 6) is 0.397. The van der Waals surface area contributed by atoms with E-state index in [9.17, 15) is 20.2 Å². The largest absolute Gasteiger partial charge is 0.481 e. The quantitative estimate of drug-likeness (QED) is 0.109. The van der Waals surface area contributed by atoms with Crippen molar-refractivity contribution < 1.29 is 14.1 Å². The number of nitrogens with zero attached hydrogens (tertiary/aromatic N) is 5. The molecule has 0 bridgehead atoms. The lowest BCUT2D eigenvalue weighted by Crippen LogP contribution is -2.20. The van der Waals surface area contributed by atoms with Crippen molar-refractivity contribution in [2.75, 3.05) is 0 Å². The Morgan fingerprint density at radius 1 is 1.07 bits per heavy atom. The van der Waals surface area contributed by atoms with Crippen LogP contribution in [0.5, 0.6) is 5.75 Å². The predicted molar refractivity (Wildman–Crippen MR) is 160 cm³/mol. The van der Waals surface area contributed by atoms with Gasteiger partial charge in [0.25, 0.3) is 5.56 Å². The number of halogens is 1. The van der Waals surface area contributed by atoms with Crippen molar-refractivity contribution in [3.8, 4) is 23.4 Å². The molecule has 0 unspecified atom stereocenters. The van der Waals surface area contributed by atoms with Gasteiger partial charge in [0.05, 0.1) is 33.7 Å². The zero-order valence-corrected chi connectivity index (χ0v) is 23.2. The van der Waals surface area contributed by atoms with E-state index >= 15 is 0 Å². The maximum atomic E-state index is 13.7. The minimum absolute atomic E-state index is 0.0771. The Labute approximate surface area is 246 Å². The number of rotatable bonds is 7. The van der Waals surface area contributed by atoms with E-state index < -0.39 is 10.5 Å². The number of benzene rings is 4. The van der Waals surface area contributed by atoms with Crippen LogP contribution in [0.25, 0.3) is 33.5 Å². The molecule has 0 fully saturated rings. The first-order valence-corrected chi connectivity index (χ1v) is 13.4. The number of ether oxygens (including phenoxy) is 1. The number of nitro benzene ring substituents is 1. The Kier molecular flexibility index (Phi) is 7.04. The van der Waals surface area contributed by atoms with Crippen LogP contribution in [0.1, 0.15) is 16.7 Å². The highest BCUT2D eigenvalue weighted by Crippen LogP contribution is 2.35. The van der Waals surface area contributed by atoms with Crippen molar-refractivity contribution in [3.05, 3.63) is 133 Å². The number of nitro groups is 1. The van der Waals surface area contributed by atoms with Crippen LogP contribution in [0.2, 0.25) is 0 Å². The molecule has 0 aliphatic carbocycles. The van der Waals surface area contributed by atoms with Crippen molar-refractivity contribution in [2.45, 2.75) is 6.61 Å². The monoisotopic (exact) mass is 619 g/mol. The number of hydrogen-bond acceptors (Lipinski definition) is 8. The van der Waals surface area contributed by atoms with Crippen LogP contribution >= 0.6 is 15.9 Å². The number of furan rings is 1. The standard InChI is InChI=1S/C31H18BrN5O5/c32-23-13-22(29(26(15-23)37(39)40)41-18-21-9-2-1-8-20(21)16-33)17-34-36-30(28-14-19-7-3-6-12-27(19)42-28)35-25-11-5-4-10-24(25)31(36)38/h1-15,17H,18H2. The molecule has 0 spiro atoms. The lowest BCUT2D eigenvalue weighted by Gasteiger charge is -2.12. The summed E-state index contributed by atoms with van der Waals surface area (Å²) in [6.45, 7) is -0.102. The molecule has 0 atom stereocenters. The Hall–Kier alpha value is -5.60. The van der Waals surface area contributed by atoms with Crippen LogP contribution in [0.15, 0.2) is 110 Å². The second-order valence-electron chi connectivity index (χ2n) is 9.12. The molecular weight excluding hydrogens is 602 g/mol. The molecule has 6 rings (SSSR count). The molecule has 0 amide bonds. The van der Waals surface area contributed by atoms with E-state index in [-0.39, 0.29) is 29.4 Å². The highest BCUT2D eigenvalue weighted by Gasteiger charge is 2.22. The van der Waals surface area contributed by atoms with Gasteiger partial charge in [-0.15, -0.1) is 0 Å². The van der Waals surface area contributed by atoms with E-state index in [0.29, 0.717) is 37.8 Å². The van der Waals surface area contributed by atoms with Crippen LogP contribution in [0.4, 0.5) is 5.69 Å². The molecule has 0 N–H and O–H groups in total. The van der Waals surface area contributed by atoms with Gasteiger partial charge in [-0.1, -0.05) is 64.5 Å². The highest BCUT2D eigenvalue weighted by molar-refractivity contribution is 9.10. The molecule has 0 saturated carbocycles. The molecule has 4 aromatic carbocycles. The molecule has 0 aliphatic heterocycles. The average molecular weight is 620 g/mol. The van der Waals surface area contributed by atoms with E-state index in [1.807, 2.05) is 18.2 Å². The summed E-state index contributed by atoms with van der Waals surface area (Å²) < 4.78 is 13.4. The maximum absolute atomic E-state index is 13.7. The van der Waals surface area contributed by atoms with Crippen LogP contribution in [0, 0.1) is 21.4 Å². The first-order valence-electron chi connectivity index (χ1n) is 12.6. The Balaban J connectivity index is 1.50. The SMILES string of the molecule is N#Cc1ccccc1COc1c(C=Nn2c(-c3cc4ccccc4o3)nc3ccccc3c2=O)cc(Br)cc1[N+](=O)[O-]. The molecule has 10 nitrogen and oxygen atoms in total. The summed E-state index contributed by atoms with van der Waals surface area (Å²) >= 11 is 3.32. The topological polar surface area (TPSA) is 137 Å². The smallest absolute Gasteiger partial charge is 0.312 e. The second-order valence-corrected chi connectivity index (χ2v) is 10.0. The second kappa shape index (κ2) is 11.1. The Morgan fingerprint density at radius 2 is 1.83 bits per heavy atom. The molecular formula is C31H18BrN5O5. The number of hydrogen-bond donors (Lipinski definition) is 0. The lowest BCUT2D eigenvalue weighted by molar-refractivity contribution is -0.386. The minimum Gasteiger partial charge on any atom is -0.481 e. The van der Waals surface area contributed by atoms with Gasteiger partial charge in [-0.25, -0.2) is 4.98 Å². The van der Waals surface area contributed by atoms with Gasteiger partial charge < -0.3 is 9.15 Å². The highest BCUT2D eigenvalue weighted by atomic mass is 79.9. The van der Waals surface area contributed by atoms with E-state index in [1.165, 1.54) is 12.3 Å². The van der Waals surface area contributed by atoms with E-state index in [0.717, 1.165) is 10.1 Å². The molecule has 11 heteroatoms. The third kappa shape index (κ3) is 5.02. The van der Waals surface area contributed by atoms with Gasteiger partial charge >= 0.3 is 5.69 Å². The molecule has 0 saturated heterocycles. The Bertz CT molecular complexity index is 2110. The van der Waals surface area contributed by atoms with Gasteiger partial charge in [-0.2, -0.15) is 15.0 Å². The fraction of sp³-hybridized carbons (Fsp3) is 0.0323. The van der Waals surface area contributed by atoms with Gasteiger partial charge in [0.15, 0.2) is 5.76 Å². The Morgan fingerprint density at radius 3 is 2.64 bits per heavy atom. The van der Waals surface area contributed by atoms with E-state index in [2.05, 4.69) is 32.1 Å². The van der Waals surface area contributed by atoms with Gasteiger partial charge in [-0.05, 0) is 36.4 Å². The normalized spacial score (nSPS) is 11.2. The first-order chi connectivity index (χ1) is 20.4. The van der Waals surface area contributed by atoms with Crippen molar-refractivity contribution in [1.82, 2.24) is 9.66 Å². The van der Waals surface area contributed by atoms with Crippen LogP contribution in [-0.2, 0) is 6.61 Å². The summed E-state index contributed by atoms with van der Waals surface area (Å²) in [6.07, 6.45) is 1.30. The zero-order chi connectivity index (χ0) is 29.2. The summed E-state index contributed by atoms with van der Waals surface area (Å²) in [7, 11) is 0. The minimum atomic E-state index is -0.572. The number of para-hydroxylation sites is 2.